The molecule has 0 aliphatic carbocycles. The van der Waals surface area contributed by atoms with Crippen LogP contribution in [0.3, 0.4) is 0 Å². The molecule has 174 valence electrons. The molecule has 9 heteroatoms. The molecule has 5 aromatic rings. The Morgan fingerprint density at radius 1 is 0.914 bits per heavy atom. The smallest absolute Gasteiger partial charge is 0.282 e. The molecule has 0 aliphatic rings. The summed E-state index contributed by atoms with van der Waals surface area (Å²) in [5.41, 5.74) is 2.89. The average molecular weight is 471 g/mol. The van der Waals surface area contributed by atoms with Gasteiger partial charge in [0.05, 0.1) is 5.56 Å². The number of nitrogens with one attached hydrogen (secondary N) is 1. The van der Waals surface area contributed by atoms with Gasteiger partial charge in [-0.25, -0.2) is 8.78 Å². The molecule has 0 saturated carbocycles. The number of amides is 1. The van der Waals surface area contributed by atoms with Crippen LogP contribution in [0.25, 0.3) is 34.0 Å². The van der Waals surface area contributed by atoms with E-state index in [1.807, 2.05) is 66.7 Å². The van der Waals surface area contributed by atoms with E-state index in [0.717, 1.165) is 22.3 Å². The first-order valence-electron chi connectivity index (χ1n) is 10.7. The van der Waals surface area contributed by atoms with Crippen LogP contribution < -0.4 is 5.32 Å². The number of nitrogens with zero attached hydrogens (tertiary/aromatic N) is 4. The standard InChI is InChI=1S/C26H19F2N5O2/c1-33-15-20(22(31-33)23(27)28)25(34)29-21-10-6-5-9-19(21)16-11-13-18(14-12-16)26-30-24(32-35-26)17-7-3-2-4-8-17/h2-15,23H,1H3,(H,29,34). The van der Waals surface area contributed by atoms with Gasteiger partial charge in [0, 0.05) is 35.6 Å². The van der Waals surface area contributed by atoms with E-state index in [2.05, 4.69) is 20.6 Å². The second-order valence-electron chi connectivity index (χ2n) is 7.77. The molecule has 1 N–H and O–H groups in total. The maximum atomic E-state index is 13.3. The molecule has 0 unspecified atom stereocenters. The molecule has 1 amide bonds. The minimum absolute atomic E-state index is 0.168. The van der Waals surface area contributed by atoms with E-state index in [9.17, 15) is 13.6 Å². The second kappa shape index (κ2) is 9.30. The van der Waals surface area contributed by atoms with E-state index in [1.54, 1.807) is 12.1 Å². The third-order valence-electron chi connectivity index (χ3n) is 5.38. The molecule has 0 saturated heterocycles. The number of halogens is 2. The van der Waals surface area contributed by atoms with Crippen LogP contribution in [0.5, 0.6) is 0 Å². The zero-order valence-electron chi connectivity index (χ0n) is 18.5. The summed E-state index contributed by atoms with van der Waals surface area (Å²) in [4.78, 5) is 17.2. The number of anilines is 1. The topological polar surface area (TPSA) is 85.8 Å². The lowest BCUT2D eigenvalue weighted by Crippen LogP contribution is -2.14. The van der Waals surface area contributed by atoms with Crippen LogP contribution in [-0.2, 0) is 7.05 Å². The molecule has 35 heavy (non-hydrogen) atoms. The molecule has 7 nitrogen and oxygen atoms in total. The first-order valence-corrected chi connectivity index (χ1v) is 10.7. The van der Waals surface area contributed by atoms with Gasteiger partial charge in [-0.05, 0) is 23.8 Å². The largest absolute Gasteiger partial charge is 0.334 e. The lowest BCUT2D eigenvalue weighted by Gasteiger charge is -2.11. The van der Waals surface area contributed by atoms with E-state index < -0.39 is 18.0 Å². The van der Waals surface area contributed by atoms with Gasteiger partial charge in [0.25, 0.3) is 18.2 Å². The van der Waals surface area contributed by atoms with Gasteiger partial charge < -0.3 is 9.84 Å². The molecular weight excluding hydrogens is 452 g/mol. The van der Waals surface area contributed by atoms with E-state index >= 15 is 0 Å². The highest BCUT2D eigenvalue weighted by Gasteiger charge is 2.23. The number of aryl methyl sites for hydroxylation is 1. The van der Waals surface area contributed by atoms with Gasteiger partial charge >= 0.3 is 0 Å². The maximum Gasteiger partial charge on any atom is 0.282 e. The Kier molecular flexibility index (Phi) is 5.88. The Hall–Kier alpha value is -4.66. The van der Waals surface area contributed by atoms with Gasteiger partial charge in [-0.3, -0.25) is 9.48 Å². The van der Waals surface area contributed by atoms with Gasteiger partial charge in [0.15, 0.2) is 0 Å². The van der Waals surface area contributed by atoms with E-state index in [-0.39, 0.29) is 5.56 Å². The first-order chi connectivity index (χ1) is 17.0. The molecule has 0 fully saturated rings. The molecule has 3 aromatic carbocycles. The number of hydrogen-bond donors (Lipinski definition) is 1. The van der Waals surface area contributed by atoms with Crippen molar-refractivity contribution in [2.75, 3.05) is 5.32 Å². The monoisotopic (exact) mass is 471 g/mol. The summed E-state index contributed by atoms with van der Waals surface area (Å²) in [7, 11) is 1.49. The molecule has 2 heterocycles. The van der Waals surface area contributed by atoms with Gasteiger partial charge in [-0.2, -0.15) is 10.1 Å². The molecule has 0 radical (unpaired) electrons. The van der Waals surface area contributed by atoms with Crippen molar-refractivity contribution in [1.82, 2.24) is 19.9 Å². The lowest BCUT2D eigenvalue weighted by atomic mass is 10.0. The predicted octanol–water partition coefficient (Wildman–Crippen LogP) is 5.99. The summed E-state index contributed by atoms with van der Waals surface area (Å²) in [6.07, 6.45) is -1.57. The van der Waals surface area contributed by atoms with E-state index in [4.69, 9.17) is 4.52 Å². The fraction of sp³-hybridized carbons (Fsp3) is 0.0769. The molecule has 0 bridgehead atoms. The van der Waals surface area contributed by atoms with Gasteiger partial charge in [-0.1, -0.05) is 65.8 Å². The van der Waals surface area contributed by atoms with Crippen LogP contribution in [0.15, 0.2) is 89.6 Å². The van der Waals surface area contributed by atoms with Crippen LogP contribution in [-0.4, -0.2) is 25.8 Å². The zero-order chi connectivity index (χ0) is 24.4. The number of hydrogen-bond acceptors (Lipinski definition) is 5. The summed E-state index contributed by atoms with van der Waals surface area (Å²) in [6, 6.07) is 24.1. The predicted molar refractivity (Wildman–Crippen MR) is 127 cm³/mol. The Bertz CT molecular complexity index is 1480. The minimum atomic E-state index is -2.85. The molecule has 5 rings (SSSR count). The number of carbonyl (C=O) groups is 1. The van der Waals surface area contributed by atoms with Crippen molar-refractivity contribution in [2.45, 2.75) is 6.43 Å². The number of rotatable bonds is 6. The fourth-order valence-corrected chi connectivity index (χ4v) is 3.71. The summed E-state index contributed by atoms with van der Waals surface area (Å²) in [5.74, 6) is 0.223. The first kappa shape index (κ1) is 22.1. The highest BCUT2D eigenvalue weighted by Crippen LogP contribution is 2.31. The van der Waals surface area contributed by atoms with Crippen molar-refractivity contribution < 1.29 is 18.1 Å². The summed E-state index contributed by atoms with van der Waals surface area (Å²) in [6.45, 7) is 0. The van der Waals surface area contributed by atoms with Crippen molar-refractivity contribution >= 4 is 11.6 Å². The van der Waals surface area contributed by atoms with Crippen LogP contribution in [0.1, 0.15) is 22.5 Å². The van der Waals surface area contributed by atoms with Crippen LogP contribution in [0, 0.1) is 0 Å². The second-order valence-corrected chi connectivity index (χ2v) is 7.77. The van der Waals surface area contributed by atoms with Crippen LogP contribution in [0.2, 0.25) is 0 Å². The van der Waals surface area contributed by atoms with Crippen LogP contribution in [0.4, 0.5) is 14.5 Å². The number of carbonyl (C=O) groups excluding carboxylic acids is 1. The number of aromatic nitrogens is 4. The quantitative estimate of drug-likeness (QED) is 0.329. The maximum absolute atomic E-state index is 13.3. The van der Waals surface area contributed by atoms with Crippen molar-refractivity contribution in [2.24, 2.45) is 7.05 Å². The number of alkyl halides is 2. The number of para-hydroxylation sites is 1. The fourth-order valence-electron chi connectivity index (χ4n) is 3.71. The van der Waals surface area contributed by atoms with Crippen molar-refractivity contribution in [1.29, 1.82) is 0 Å². The highest BCUT2D eigenvalue weighted by atomic mass is 19.3. The minimum Gasteiger partial charge on any atom is -0.334 e. The Morgan fingerprint density at radius 3 is 2.34 bits per heavy atom. The van der Waals surface area contributed by atoms with Gasteiger partial charge in [0.1, 0.15) is 5.69 Å². The summed E-state index contributed by atoms with van der Waals surface area (Å²) >= 11 is 0. The summed E-state index contributed by atoms with van der Waals surface area (Å²) < 4.78 is 33.2. The lowest BCUT2D eigenvalue weighted by molar-refractivity contribution is 0.101. The summed E-state index contributed by atoms with van der Waals surface area (Å²) in [5, 5.41) is 10.5. The molecule has 0 atom stereocenters. The Labute approximate surface area is 199 Å². The van der Waals surface area contributed by atoms with Crippen LogP contribution >= 0.6 is 0 Å². The third-order valence-corrected chi connectivity index (χ3v) is 5.38. The normalized spacial score (nSPS) is 11.1. The SMILES string of the molecule is Cn1cc(C(=O)Nc2ccccc2-c2ccc(-c3nc(-c4ccccc4)no3)cc2)c(C(F)F)n1. The zero-order valence-corrected chi connectivity index (χ0v) is 18.5. The highest BCUT2D eigenvalue weighted by molar-refractivity contribution is 6.07. The molecule has 0 spiro atoms. The van der Waals surface area contributed by atoms with Gasteiger partial charge in [-0.15, -0.1) is 0 Å². The molecule has 0 aliphatic heterocycles. The van der Waals surface area contributed by atoms with Crippen molar-refractivity contribution in [3.05, 3.63) is 96.3 Å². The molecule has 2 aromatic heterocycles. The van der Waals surface area contributed by atoms with Crippen molar-refractivity contribution in [3.63, 3.8) is 0 Å². The van der Waals surface area contributed by atoms with Gasteiger partial charge in [0.2, 0.25) is 5.82 Å². The van der Waals surface area contributed by atoms with Crippen molar-refractivity contribution in [3.8, 4) is 34.0 Å². The van der Waals surface area contributed by atoms with E-state index in [1.165, 1.54) is 17.9 Å². The molecular formula is C26H19F2N5O2. The average Bonchev–Trinajstić information content (AvgIpc) is 3.53. The third kappa shape index (κ3) is 4.56. The number of benzene rings is 3. The van der Waals surface area contributed by atoms with E-state index in [0.29, 0.717) is 17.4 Å². The Balaban J connectivity index is 1.39. The Morgan fingerprint density at radius 2 is 1.60 bits per heavy atom.